The second kappa shape index (κ2) is 43.8. The number of fused-ring (bicyclic) bond motifs is 9. The van der Waals surface area contributed by atoms with Gasteiger partial charge >= 0.3 is 0 Å². The van der Waals surface area contributed by atoms with Crippen LogP contribution in [-0.4, -0.2) is 78.7 Å². The van der Waals surface area contributed by atoms with E-state index in [0.29, 0.717) is 27.5 Å². The third-order valence-corrected chi connectivity index (χ3v) is 40.8. The van der Waals surface area contributed by atoms with Gasteiger partial charge in [0.25, 0.3) is 0 Å². The Kier molecular flexibility index (Phi) is 33.3. The third-order valence-electron chi connectivity index (χ3n) is 24.4. The van der Waals surface area contributed by atoms with Gasteiger partial charge in [-0.25, -0.2) is 8.42 Å². The smallest absolute Gasteiger partial charge is 0.173 e. The fourth-order valence-electron chi connectivity index (χ4n) is 17.8. The van der Waals surface area contributed by atoms with Crippen LogP contribution < -0.4 is 46.7 Å². The zero-order chi connectivity index (χ0) is 91.7. The molecule has 0 unspecified atom stereocenters. The van der Waals surface area contributed by atoms with Crippen molar-refractivity contribution in [3.8, 4) is 101 Å². The fourth-order valence-corrected chi connectivity index (χ4v) is 32.6. The summed E-state index contributed by atoms with van der Waals surface area (Å²) in [7, 11) is -11.9. The molecule has 0 saturated carbocycles. The molecule has 3 aliphatic rings. The monoisotopic (exact) mass is 2370 g/mol. The molecule has 0 bridgehead atoms. The first-order chi connectivity index (χ1) is 62.4. The van der Waals surface area contributed by atoms with Gasteiger partial charge in [0.2, 0.25) is 0 Å². The van der Waals surface area contributed by atoms with E-state index in [1.807, 2.05) is 152 Å². The van der Waals surface area contributed by atoms with Gasteiger partial charge < -0.3 is 29.9 Å². The summed E-state index contributed by atoms with van der Waals surface area (Å²) in [6, 6.07) is 128. The van der Waals surface area contributed by atoms with Crippen LogP contribution in [0.5, 0.6) is 0 Å². The van der Waals surface area contributed by atoms with Gasteiger partial charge in [0.1, 0.15) is 8.07 Å². The summed E-state index contributed by atoms with van der Waals surface area (Å²) < 4.78 is 25.6. The van der Waals surface area contributed by atoms with E-state index in [-0.39, 0.29) is 60.3 Å². The van der Waals surface area contributed by atoms with Gasteiger partial charge in [-0.15, -0.1) is 189 Å². The Balaban J connectivity index is 0.000000151. The number of benzene rings is 11. The van der Waals surface area contributed by atoms with Crippen molar-refractivity contribution in [3.05, 3.63) is 406 Å². The van der Waals surface area contributed by atoms with E-state index in [4.69, 9.17) is 15.0 Å². The normalized spacial score (nSPS) is 12.8. The first-order valence-electron chi connectivity index (χ1n) is 44.9. The first-order valence-corrected chi connectivity index (χ1v) is 61.9. The summed E-state index contributed by atoms with van der Waals surface area (Å²) in [5.74, 6) is 1.37. The van der Waals surface area contributed by atoms with E-state index in [1.54, 1.807) is 42.0 Å². The molecule has 9 heterocycles. The van der Waals surface area contributed by atoms with Gasteiger partial charge in [-0.3, -0.25) is 0 Å². The molecule has 0 atom stereocenters. The molecule has 133 heavy (non-hydrogen) atoms. The fraction of sp³-hybridized carbons (Fsp3) is 0.172. The Morgan fingerprint density at radius 3 is 0.970 bits per heavy atom. The summed E-state index contributed by atoms with van der Waals surface area (Å²) >= 11 is 0. The van der Waals surface area contributed by atoms with Crippen molar-refractivity contribution in [1.82, 2.24) is 29.9 Å². The molecule has 0 fully saturated rings. The molecule has 20 rings (SSSR count). The largest absolute Gasteiger partial charge is 0.305 e. The van der Waals surface area contributed by atoms with Crippen molar-refractivity contribution in [1.29, 1.82) is 0 Å². The van der Waals surface area contributed by atoms with Gasteiger partial charge in [-0.1, -0.05) is 344 Å². The Morgan fingerprint density at radius 1 is 0.278 bits per heavy atom. The van der Waals surface area contributed by atoms with E-state index in [0.717, 1.165) is 78.7 Å². The van der Waals surface area contributed by atoms with Gasteiger partial charge in [-0.2, -0.15) is 0 Å². The Morgan fingerprint density at radius 2 is 0.602 bits per heavy atom. The maximum Gasteiger partial charge on any atom is 0.173 e. The Labute approximate surface area is 835 Å². The van der Waals surface area contributed by atoms with Crippen molar-refractivity contribution in [2.45, 2.75) is 141 Å². The molecule has 6 aromatic heterocycles. The van der Waals surface area contributed by atoms with Crippen LogP contribution in [0.25, 0.3) is 101 Å². The van der Waals surface area contributed by atoms with Crippen LogP contribution in [0.4, 0.5) is 0 Å². The molecule has 0 spiro atoms. The number of pyridine rings is 6. The molecule has 8 nitrogen and oxygen atoms in total. The van der Waals surface area contributed by atoms with Crippen LogP contribution >= 0.6 is 0 Å². The molecule has 0 saturated heterocycles. The maximum atomic E-state index is 12.8. The van der Waals surface area contributed by atoms with Crippen molar-refractivity contribution < 1.29 is 68.7 Å². The average Bonchev–Trinajstić information content (AvgIpc) is 1.47. The molecule has 677 valence electrons. The van der Waals surface area contributed by atoms with E-state index >= 15 is 0 Å². The minimum Gasteiger partial charge on any atom is -0.305 e. The van der Waals surface area contributed by atoms with Crippen LogP contribution in [-0.2, 0) is 70.2 Å². The predicted octanol–water partition coefficient (Wildman–Crippen LogP) is 23.3. The van der Waals surface area contributed by atoms with Crippen LogP contribution in [0.1, 0.15) is 76.0 Å². The zero-order valence-corrected chi connectivity index (χ0v) is 91.6. The minimum absolute atomic E-state index is 0. The number of nitrogens with zero attached hydrogens (tertiary/aromatic N) is 6. The number of sulfone groups is 1. The van der Waals surface area contributed by atoms with E-state index in [9.17, 15) is 8.42 Å². The van der Waals surface area contributed by atoms with Crippen molar-refractivity contribution in [3.63, 3.8) is 0 Å². The molecule has 0 N–H and O–H groups in total. The quantitative estimate of drug-likeness (QED) is 0.0782. The second-order valence-electron chi connectivity index (χ2n) is 37.8. The summed E-state index contributed by atoms with van der Waals surface area (Å²) in [6.07, 6.45) is 11.7. The topological polar surface area (TPSA) is 111 Å². The van der Waals surface area contributed by atoms with Crippen LogP contribution in [0.3, 0.4) is 0 Å². The number of aromatic nitrogens is 6. The van der Waals surface area contributed by atoms with Gasteiger partial charge in [0.05, 0.1) is 37.2 Å². The van der Waals surface area contributed by atoms with Crippen molar-refractivity contribution in [2.75, 3.05) is 0 Å². The molecule has 17 heteroatoms. The number of hydrogen-bond acceptors (Lipinski definition) is 8. The summed E-state index contributed by atoms with van der Waals surface area (Å²) in [5, 5.41) is 13.1. The molecule has 17 aromatic rings. The predicted molar refractivity (Wildman–Crippen MR) is 558 cm³/mol. The maximum absolute atomic E-state index is 12.8. The Bertz CT molecular complexity index is 6600. The van der Waals surface area contributed by atoms with Crippen molar-refractivity contribution >= 4 is 96.9 Å². The van der Waals surface area contributed by atoms with Gasteiger partial charge in [0, 0.05) is 97.5 Å². The van der Waals surface area contributed by atoms with Crippen LogP contribution in [0, 0.1) is 36.4 Å². The van der Waals surface area contributed by atoms with Crippen LogP contribution in [0.2, 0.25) is 72.0 Å². The van der Waals surface area contributed by atoms with E-state index in [2.05, 4.69) is 329 Å². The second-order valence-corrected chi connectivity index (χ2v) is 62.9. The average molecular weight is 2370 g/mol. The number of hydrogen-bond donors (Lipinski definition) is 0. The zero-order valence-electron chi connectivity index (χ0n) is 78.6. The molecule has 0 amide bonds. The minimum atomic E-state index is -3.46. The van der Waals surface area contributed by atoms with Crippen molar-refractivity contribution in [2.24, 2.45) is 0 Å². The molecular weight excluding hydrogens is 2260 g/mol. The van der Waals surface area contributed by atoms with E-state index < -0.39 is 50.2 Å². The van der Waals surface area contributed by atoms with Crippen LogP contribution in [0.15, 0.2) is 362 Å². The van der Waals surface area contributed by atoms with E-state index in [1.165, 1.54) is 80.4 Å². The SMILES string of the molecule is CC(C)c1cc(-c2[c-]cc3c(c2)-c2ccccc2S3(=O)=O)ncc1[Si](C)(C)C.CC(C)c1cc(-c2[c-]cc3c(c2)-c2ccccc2[Si]3(C)C)ncc1[Si](C)(C)C.CC(C)c1cc(-c2[c-]cc3c(c2)-c2ccccc2[Si]3(c2ccccc2)c2ccccc2)ncc1[Si](C)(C)C.[Ir].[Ir].[Ir].[c-]1ccccc1-c1ccccn1.[c-]1ccccc1-c1ccccn1.[c-]1ccccc1-c1ccccn1. The Hall–Kier alpha value is -10.7. The molecular formula is C116H112Ir3N6O2SSi5-6. The molecule has 3 aliphatic heterocycles. The molecule has 0 aliphatic carbocycles. The molecule has 3 radical (unpaired) electrons. The van der Waals surface area contributed by atoms with Gasteiger partial charge in [0.15, 0.2) is 9.84 Å². The third kappa shape index (κ3) is 22.3. The number of rotatable bonds is 14. The first kappa shape index (κ1) is 101. The summed E-state index contributed by atoms with van der Waals surface area (Å²) in [6.45, 7) is 39.9. The molecule has 11 aromatic carbocycles. The summed E-state index contributed by atoms with van der Waals surface area (Å²) in [4.78, 5) is 28.0. The summed E-state index contributed by atoms with van der Waals surface area (Å²) in [5.41, 5.74) is 23.2. The van der Waals surface area contributed by atoms with Gasteiger partial charge in [-0.05, 0) is 119 Å². The standard InChI is InChI=1S/C35H34NSi2.C25H30NSi2.C23H24NO2SSi.3C11H8N.3Ir/c1-25(2)30-23-32(36-24-35(30)37(3,4)5)26-20-21-34-31(22-26)29-18-12-13-19-33(29)38(34,27-14-8-6-9-15-27)28-16-10-7-11-17-28;1-17(2)20-15-22(26-16-25(20)27(3,4)5)18-12-13-24-21(14-18)19-10-8-9-11-23(19)28(24,6)7;1-15(2)18-13-20(24-14-23(18)28(3,4)5)16-10-11-22-19(12-16)17-8-6-7-9-21(17)27(22,25)26;3*1-2-6-10(7-3-1)11-8-4-5-9-12-11;;;/h6-19,21-25H,1-5H3;8-11,13-17H,1-7H3;6-9,11-15H,1-5H3;3*1-6,8-9H;;;/q6*-1;;;.